The molecule has 1 aliphatic rings. The van der Waals surface area contributed by atoms with Crippen molar-refractivity contribution in [1.29, 1.82) is 0 Å². The molecule has 2 atom stereocenters. The number of aliphatic carboxylic acids is 1. The first-order chi connectivity index (χ1) is 16.9. The molecule has 35 heavy (non-hydrogen) atoms. The largest absolute Gasteiger partial charge is 0.481 e. The summed E-state index contributed by atoms with van der Waals surface area (Å²) in [6, 6.07) is 14.9. The predicted molar refractivity (Wildman–Crippen MR) is 139 cm³/mol. The van der Waals surface area contributed by atoms with E-state index in [9.17, 15) is 19.5 Å². The van der Waals surface area contributed by atoms with Crippen molar-refractivity contribution in [1.82, 2.24) is 10.6 Å². The number of nitrogens with one attached hydrogen (secondary N) is 2. The van der Waals surface area contributed by atoms with E-state index in [4.69, 9.17) is 4.74 Å². The van der Waals surface area contributed by atoms with Gasteiger partial charge in [0.15, 0.2) is 0 Å². The van der Waals surface area contributed by atoms with Gasteiger partial charge in [-0.25, -0.2) is 4.79 Å². The van der Waals surface area contributed by atoms with Crippen molar-refractivity contribution < 1.29 is 24.2 Å². The summed E-state index contributed by atoms with van der Waals surface area (Å²) < 4.78 is 5.60. The number of benzene rings is 2. The lowest BCUT2D eigenvalue weighted by Gasteiger charge is -2.23. The first-order valence-electron chi connectivity index (χ1n) is 12.1. The minimum Gasteiger partial charge on any atom is -0.481 e. The second-order valence-electron chi connectivity index (χ2n) is 8.75. The zero-order valence-electron chi connectivity index (χ0n) is 20.3. The van der Waals surface area contributed by atoms with Crippen molar-refractivity contribution in [3.63, 3.8) is 0 Å². The number of unbranched alkanes of at least 4 members (excludes halogenated alkanes) is 1. The van der Waals surface area contributed by atoms with Crippen LogP contribution in [0.4, 0.5) is 4.79 Å². The molecular formula is C27H34N2O5S. The molecule has 0 spiro atoms. The molecular weight excluding hydrogens is 464 g/mol. The van der Waals surface area contributed by atoms with Crippen molar-refractivity contribution in [3.8, 4) is 11.1 Å². The van der Waals surface area contributed by atoms with E-state index in [2.05, 4.69) is 34.9 Å². The Hall–Kier alpha value is -3.00. The number of carbonyl (C=O) groups excluding carboxylic acids is 2. The van der Waals surface area contributed by atoms with Gasteiger partial charge in [0.05, 0.1) is 6.42 Å². The quantitative estimate of drug-likeness (QED) is 0.367. The number of alkyl carbamates (subject to hydrolysis) is 1. The number of thioether (sulfide) groups is 1. The predicted octanol–water partition coefficient (Wildman–Crippen LogP) is 4.80. The third-order valence-electron chi connectivity index (χ3n) is 6.24. The fourth-order valence-corrected chi connectivity index (χ4v) is 4.95. The van der Waals surface area contributed by atoms with Crippen LogP contribution < -0.4 is 10.6 Å². The van der Waals surface area contributed by atoms with Crippen molar-refractivity contribution in [2.45, 2.75) is 57.0 Å². The highest BCUT2D eigenvalue weighted by atomic mass is 32.2. The Labute approximate surface area is 211 Å². The minimum absolute atomic E-state index is 0.0689. The molecule has 2 amide bonds. The molecule has 2 aromatic carbocycles. The lowest BCUT2D eigenvalue weighted by molar-refractivity contribution is -0.137. The Kier molecular flexibility index (Phi) is 10.0. The molecule has 3 N–H and O–H groups in total. The number of ether oxygens (including phenoxy) is 1. The summed E-state index contributed by atoms with van der Waals surface area (Å²) in [7, 11) is 0. The van der Waals surface area contributed by atoms with E-state index in [1.807, 2.05) is 37.4 Å². The van der Waals surface area contributed by atoms with E-state index in [1.165, 1.54) is 0 Å². The molecule has 2 aromatic rings. The average Bonchev–Trinajstić information content (AvgIpc) is 3.17. The molecule has 0 fully saturated rings. The summed E-state index contributed by atoms with van der Waals surface area (Å²) in [6.07, 6.45) is 3.84. The third kappa shape index (κ3) is 7.24. The molecule has 1 aliphatic carbocycles. The summed E-state index contributed by atoms with van der Waals surface area (Å²) in [5, 5.41) is 14.7. The number of hydrogen-bond donors (Lipinski definition) is 3. The van der Waals surface area contributed by atoms with Gasteiger partial charge in [-0.15, -0.1) is 0 Å². The summed E-state index contributed by atoms with van der Waals surface area (Å²) in [5.41, 5.74) is 4.52. The highest BCUT2D eigenvalue weighted by Gasteiger charge is 2.30. The maximum atomic E-state index is 12.9. The molecule has 0 bridgehead atoms. The highest BCUT2D eigenvalue weighted by Crippen LogP contribution is 2.44. The van der Waals surface area contributed by atoms with E-state index in [-0.39, 0.29) is 24.9 Å². The monoisotopic (exact) mass is 498 g/mol. The number of carbonyl (C=O) groups is 3. The van der Waals surface area contributed by atoms with E-state index in [0.29, 0.717) is 18.6 Å². The Morgan fingerprint density at radius 1 is 1.00 bits per heavy atom. The van der Waals surface area contributed by atoms with E-state index >= 15 is 0 Å². The number of rotatable bonds is 13. The van der Waals surface area contributed by atoms with Crippen molar-refractivity contribution >= 4 is 29.7 Å². The maximum Gasteiger partial charge on any atom is 0.407 e. The summed E-state index contributed by atoms with van der Waals surface area (Å²) >= 11 is 1.57. The molecule has 3 rings (SSSR count). The smallest absolute Gasteiger partial charge is 0.407 e. The van der Waals surface area contributed by atoms with Crippen LogP contribution in [0.15, 0.2) is 48.5 Å². The molecule has 0 saturated carbocycles. The first kappa shape index (κ1) is 26.6. The van der Waals surface area contributed by atoms with E-state index < -0.39 is 24.1 Å². The number of carboxylic acids is 1. The zero-order chi connectivity index (χ0) is 25.2. The van der Waals surface area contributed by atoms with Gasteiger partial charge >= 0.3 is 12.1 Å². The van der Waals surface area contributed by atoms with Gasteiger partial charge in [0.2, 0.25) is 5.91 Å². The normalized spacial score (nSPS) is 13.9. The molecule has 0 heterocycles. The Balaban J connectivity index is 1.63. The molecule has 8 heteroatoms. The molecule has 0 radical (unpaired) electrons. The highest BCUT2D eigenvalue weighted by molar-refractivity contribution is 7.98. The molecule has 0 aromatic heterocycles. The van der Waals surface area contributed by atoms with Crippen LogP contribution in [-0.4, -0.2) is 53.8 Å². The van der Waals surface area contributed by atoms with Crippen LogP contribution in [0.1, 0.15) is 56.1 Å². The van der Waals surface area contributed by atoms with Crippen LogP contribution in [0.5, 0.6) is 0 Å². The summed E-state index contributed by atoms with van der Waals surface area (Å²) in [4.78, 5) is 36.9. The van der Waals surface area contributed by atoms with Crippen molar-refractivity contribution in [2.24, 2.45) is 0 Å². The van der Waals surface area contributed by atoms with Gasteiger partial charge in [-0.2, -0.15) is 11.8 Å². The Bertz CT molecular complexity index is 983. The summed E-state index contributed by atoms with van der Waals surface area (Å²) in [6.45, 7) is 2.18. The summed E-state index contributed by atoms with van der Waals surface area (Å²) in [5.74, 6) is -0.743. The lowest BCUT2D eigenvalue weighted by atomic mass is 9.98. The standard InChI is InChI=1S/C27H34N2O5S/c1-3-4-9-18(16-25(30)31)28-26(32)24(14-15-35-2)29-27(33)34-17-23-21-12-7-5-10-19(21)20-11-6-8-13-22(20)23/h5-8,10-13,18,23-24H,3-4,9,14-17H2,1-2H3,(H,28,32)(H,29,33)(H,30,31)/t18-,24+/m0/s1. The Morgan fingerprint density at radius 3 is 2.20 bits per heavy atom. The van der Waals surface area contributed by atoms with Crippen LogP contribution in [0.3, 0.4) is 0 Å². The van der Waals surface area contributed by atoms with Gasteiger partial charge in [0, 0.05) is 12.0 Å². The van der Waals surface area contributed by atoms with Crippen LogP contribution in [0.25, 0.3) is 11.1 Å². The second-order valence-corrected chi connectivity index (χ2v) is 9.74. The second kappa shape index (κ2) is 13.2. The fraction of sp³-hybridized carbons (Fsp3) is 0.444. The van der Waals surface area contributed by atoms with Gasteiger partial charge in [-0.1, -0.05) is 68.3 Å². The molecule has 7 nitrogen and oxygen atoms in total. The van der Waals surface area contributed by atoms with Gasteiger partial charge in [0.1, 0.15) is 12.6 Å². The van der Waals surface area contributed by atoms with E-state index in [1.54, 1.807) is 11.8 Å². The SMILES string of the molecule is CCCC[C@@H](CC(=O)O)NC(=O)[C@@H](CCSC)NC(=O)OCC1c2ccccc2-c2ccccc21. The Morgan fingerprint density at radius 2 is 1.63 bits per heavy atom. The molecule has 0 aliphatic heterocycles. The minimum atomic E-state index is -0.962. The maximum absolute atomic E-state index is 12.9. The van der Waals surface area contributed by atoms with Crippen molar-refractivity contribution in [2.75, 3.05) is 18.6 Å². The number of amides is 2. The van der Waals surface area contributed by atoms with E-state index in [0.717, 1.165) is 35.1 Å². The average molecular weight is 499 g/mol. The van der Waals surface area contributed by atoms with Crippen LogP contribution >= 0.6 is 11.8 Å². The van der Waals surface area contributed by atoms with Gasteiger partial charge < -0.3 is 20.5 Å². The van der Waals surface area contributed by atoms with Crippen LogP contribution in [-0.2, 0) is 14.3 Å². The number of fused-ring (bicyclic) bond motifs is 3. The molecule has 0 saturated heterocycles. The third-order valence-corrected chi connectivity index (χ3v) is 6.88. The number of hydrogen-bond acceptors (Lipinski definition) is 5. The molecule has 0 unspecified atom stereocenters. The fourth-order valence-electron chi connectivity index (χ4n) is 4.48. The van der Waals surface area contributed by atoms with Gasteiger partial charge in [-0.3, -0.25) is 9.59 Å². The topological polar surface area (TPSA) is 105 Å². The van der Waals surface area contributed by atoms with Gasteiger partial charge in [-0.05, 0) is 47.1 Å². The van der Waals surface area contributed by atoms with Crippen LogP contribution in [0, 0.1) is 0 Å². The van der Waals surface area contributed by atoms with Crippen molar-refractivity contribution in [3.05, 3.63) is 59.7 Å². The zero-order valence-corrected chi connectivity index (χ0v) is 21.1. The van der Waals surface area contributed by atoms with Gasteiger partial charge in [0.25, 0.3) is 0 Å². The molecule has 188 valence electrons. The van der Waals surface area contributed by atoms with Crippen LogP contribution in [0.2, 0.25) is 0 Å². The first-order valence-corrected chi connectivity index (χ1v) is 13.5. The lowest BCUT2D eigenvalue weighted by Crippen LogP contribution is -2.50. The number of carboxylic acid groups (broad SMARTS) is 1.